The molecule has 18 heavy (non-hydrogen) atoms. The van der Waals surface area contributed by atoms with Gasteiger partial charge < -0.3 is 10.0 Å². The van der Waals surface area contributed by atoms with Crippen molar-refractivity contribution < 1.29 is 27.9 Å². The van der Waals surface area contributed by atoms with Crippen molar-refractivity contribution in [3.05, 3.63) is 29.6 Å². The maximum Gasteiger partial charge on any atom is 0.308 e. The van der Waals surface area contributed by atoms with E-state index in [4.69, 9.17) is 5.11 Å². The summed E-state index contributed by atoms with van der Waals surface area (Å²) in [5, 5.41) is 8.76. The van der Waals surface area contributed by atoms with Crippen molar-refractivity contribution in [3.63, 3.8) is 0 Å². The number of carboxylic acid groups (broad SMARTS) is 1. The number of anilines is 1. The molecular weight excluding hydrogens is 251 g/mol. The number of benzene rings is 1. The fourth-order valence-electron chi connectivity index (χ4n) is 1.82. The van der Waals surface area contributed by atoms with Gasteiger partial charge in [-0.25, -0.2) is 13.2 Å². The lowest BCUT2D eigenvalue weighted by Crippen LogP contribution is -2.26. The van der Waals surface area contributed by atoms with Gasteiger partial charge in [0.2, 0.25) is 5.91 Å². The van der Waals surface area contributed by atoms with E-state index < -0.39 is 35.2 Å². The van der Waals surface area contributed by atoms with Gasteiger partial charge in [-0.05, 0) is 0 Å². The van der Waals surface area contributed by atoms with Crippen LogP contribution in [0.4, 0.5) is 18.9 Å². The normalized spacial score (nSPS) is 19.4. The van der Waals surface area contributed by atoms with E-state index in [1.165, 1.54) is 0 Å². The van der Waals surface area contributed by atoms with Crippen LogP contribution in [0, 0.1) is 23.4 Å². The zero-order valence-corrected chi connectivity index (χ0v) is 8.99. The van der Waals surface area contributed by atoms with Crippen LogP contribution in [0.2, 0.25) is 0 Å². The van der Waals surface area contributed by atoms with E-state index in [2.05, 4.69) is 0 Å². The first-order valence-corrected chi connectivity index (χ1v) is 5.08. The van der Waals surface area contributed by atoms with Crippen LogP contribution < -0.4 is 4.90 Å². The van der Waals surface area contributed by atoms with Crippen molar-refractivity contribution in [1.82, 2.24) is 0 Å². The fourth-order valence-corrected chi connectivity index (χ4v) is 1.82. The smallest absolute Gasteiger partial charge is 0.308 e. The van der Waals surface area contributed by atoms with Gasteiger partial charge in [-0.2, -0.15) is 0 Å². The van der Waals surface area contributed by atoms with Gasteiger partial charge >= 0.3 is 5.97 Å². The Balaban J connectivity index is 2.33. The van der Waals surface area contributed by atoms with E-state index in [9.17, 15) is 22.8 Å². The monoisotopic (exact) mass is 259 g/mol. The molecule has 7 heteroatoms. The molecule has 1 saturated heterocycles. The van der Waals surface area contributed by atoms with Crippen LogP contribution in [0.25, 0.3) is 0 Å². The van der Waals surface area contributed by atoms with Gasteiger partial charge in [0, 0.05) is 30.8 Å². The quantitative estimate of drug-likeness (QED) is 0.819. The Morgan fingerprint density at radius 3 is 2.28 bits per heavy atom. The first-order chi connectivity index (χ1) is 8.40. The van der Waals surface area contributed by atoms with E-state index in [0.717, 1.165) is 4.90 Å². The van der Waals surface area contributed by atoms with Crippen molar-refractivity contribution in [2.24, 2.45) is 5.92 Å². The van der Waals surface area contributed by atoms with E-state index in [1.807, 2.05) is 0 Å². The average Bonchev–Trinajstić information content (AvgIpc) is 2.68. The molecule has 0 radical (unpaired) electrons. The molecule has 1 aromatic rings. The molecule has 2 rings (SSSR count). The van der Waals surface area contributed by atoms with Crippen LogP contribution in [0.15, 0.2) is 12.1 Å². The average molecular weight is 259 g/mol. The largest absolute Gasteiger partial charge is 0.481 e. The van der Waals surface area contributed by atoms with Crippen LogP contribution in [0.3, 0.4) is 0 Å². The summed E-state index contributed by atoms with van der Waals surface area (Å²) in [4.78, 5) is 23.2. The second-order valence-corrected chi connectivity index (χ2v) is 3.97. The lowest BCUT2D eigenvalue weighted by atomic mass is 10.1. The molecule has 96 valence electrons. The molecule has 1 aromatic carbocycles. The number of amides is 1. The molecule has 1 heterocycles. The number of carbonyl (C=O) groups is 2. The number of hydrogen-bond acceptors (Lipinski definition) is 2. The van der Waals surface area contributed by atoms with Gasteiger partial charge in [0.1, 0.15) is 0 Å². The highest BCUT2D eigenvalue weighted by molar-refractivity contribution is 5.99. The van der Waals surface area contributed by atoms with Crippen LogP contribution in [0.1, 0.15) is 6.42 Å². The molecule has 0 saturated carbocycles. The summed E-state index contributed by atoms with van der Waals surface area (Å²) < 4.78 is 38.8. The van der Waals surface area contributed by atoms with Crippen molar-refractivity contribution in [2.75, 3.05) is 11.4 Å². The second-order valence-electron chi connectivity index (χ2n) is 3.97. The minimum absolute atomic E-state index is 0.180. The number of carbonyl (C=O) groups excluding carboxylic acids is 1. The third-order valence-electron chi connectivity index (χ3n) is 2.75. The molecule has 1 aliphatic rings. The molecule has 1 N–H and O–H groups in total. The van der Waals surface area contributed by atoms with Crippen LogP contribution in [-0.4, -0.2) is 23.5 Å². The Kier molecular flexibility index (Phi) is 2.98. The van der Waals surface area contributed by atoms with Gasteiger partial charge in [-0.15, -0.1) is 0 Å². The van der Waals surface area contributed by atoms with Gasteiger partial charge in [0.15, 0.2) is 17.5 Å². The Bertz CT molecular complexity index is 509. The molecule has 1 unspecified atom stereocenters. The molecule has 0 aromatic heterocycles. The van der Waals surface area contributed by atoms with E-state index in [1.54, 1.807) is 0 Å². The third kappa shape index (κ3) is 2.03. The number of halogens is 3. The first kappa shape index (κ1) is 12.4. The highest BCUT2D eigenvalue weighted by Gasteiger charge is 2.35. The number of aliphatic carboxylic acids is 1. The van der Waals surface area contributed by atoms with Crippen molar-refractivity contribution in [2.45, 2.75) is 6.42 Å². The molecule has 0 aliphatic carbocycles. The minimum Gasteiger partial charge on any atom is -0.481 e. The summed E-state index contributed by atoms with van der Waals surface area (Å²) >= 11 is 0. The number of carboxylic acids is 1. The SMILES string of the molecule is O=C(O)C1CC(=O)N(c2cc(F)c(F)c(F)c2)C1. The molecule has 1 aliphatic heterocycles. The lowest BCUT2D eigenvalue weighted by molar-refractivity contribution is -0.141. The summed E-state index contributed by atoms with van der Waals surface area (Å²) in [6.45, 7) is -0.182. The molecule has 0 bridgehead atoms. The van der Waals surface area contributed by atoms with Crippen molar-refractivity contribution in [1.29, 1.82) is 0 Å². The number of nitrogens with zero attached hydrogens (tertiary/aromatic N) is 1. The van der Waals surface area contributed by atoms with Gasteiger partial charge in [-0.1, -0.05) is 0 Å². The third-order valence-corrected chi connectivity index (χ3v) is 2.75. The standard InChI is InChI=1S/C11H8F3NO3/c12-7-2-6(3-8(13)10(7)14)15-4-5(11(17)18)1-9(15)16/h2-3,5H,1,4H2,(H,17,18). The summed E-state index contributed by atoms with van der Waals surface area (Å²) in [6, 6.07) is 1.33. The lowest BCUT2D eigenvalue weighted by Gasteiger charge is -2.16. The van der Waals surface area contributed by atoms with Crippen LogP contribution in [-0.2, 0) is 9.59 Å². The molecule has 1 atom stereocenters. The van der Waals surface area contributed by atoms with Gasteiger partial charge in [-0.3, -0.25) is 9.59 Å². The Morgan fingerprint density at radius 1 is 1.28 bits per heavy atom. The highest BCUT2D eigenvalue weighted by atomic mass is 19.2. The van der Waals surface area contributed by atoms with Crippen LogP contribution in [0.5, 0.6) is 0 Å². The Labute approximate surface area is 99.6 Å². The Hall–Kier alpha value is -2.05. The maximum atomic E-state index is 13.0. The predicted octanol–water partition coefficient (Wildman–Crippen LogP) is 1.54. The fraction of sp³-hybridized carbons (Fsp3) is 0.273. The minimum atomic E-state index is -1.62. The molecule has 1 amide bonds. The van der Waals surface area contributed by atoms with Gasteiger partial charge in [0.05, 0.1) is 5.92 Å². The van der Waals surface area contributed by atoms with Gasteiger partial charge in [0.25, 0.3) is 0 Å². The molecular formula is C11H8F3NO3. The zero-order valence-electron chi connectivity index (χ0n) is 8.99. The predicted molar refractivity (Wildman–Crippen MR) is 54.4 cm³/mol. The van der Waals surface area contributed by atoms with E-state index in [0.29, 0.717) is 12.1 Å². The summed E-state index contributed by atoms with van der Waals surface area (Å²) in [5.74, 6) is -7.11. The molecule has 0 spiro atoms. The zero-order chi connectivity index (χ0) is 13.4. The van der Waals surface area contributed by atoms with Crippen LogP contribution >= 0.6 is 0 Å². The van der Waals surface area contributed by atoms with Crippen molar-refractivity contribution in [3.8, 4) is 0 Å². The molecule has 4 nitrogen and oxygen atoms in total. The highest BCUT2D eigenvalue weighted by Crippen LogP contribution is 2.27. The second kappa shape index (κ2) is 4.32. The Morgan fingerprint density at radius 2 is 1.83 bits per heavy atom. The number of hydrogen-bond donors (Lipinski definition) is 1. The van der Waals surface area contributed by atoms with E-state index in [-0.39, 0.29) is 18.7 Å². The summed E-state index contributed by atoms with van der Waals surface area (Å²) in [6.07, 6.45) is -0.240. The maximum absolute atomic E-state index is 13.0. The van der Waals surface area contributed by atoms with Crippen molar-refractivity contribution >= 4 is 17.6 Å². The first-order valence-electron chi connectivity index (χ1n) is 5.08. The molecule has 1 fully saturated rings. The topological polar surface area (TPSA) is 57.6 Å². The van der Waals surface area contributed by atoms with E-state index >= 15 is 0 Å². The summed E-state index contributed by atoms with van der Waals surface area (Å²) in [7, 11) is 0. The number of rotatable bonds is 2. The summed E-state index contributed by atoms with van der Waals surface area (Å²) in [5.41, 5.74) is -0.180.